The SMILES string of the molecule is CC(C)C(C)Nc1ncc(C(F)(F)F)s1. The van der Waals surface area contributed by atoms with E-state index in [0.717, 1.165) is 6.20 Å². The molecule has 1 heterocycles. The fraction of sp³-hybridized carbons (Fsp3) is 0.667. The summed E-state index contributed by atoms with van der Waals surface area (Å²) in [7, 11) is 0. The molecule has 2 nitrogen and oxygen atoms in total. The third kappa shape index (κ3) is 3.37. The molecule has 1 N–H and O–H groups in total. The first-order valence-electron chi connectivity index (χ1n) is 4.60. The van der Waals surface area contributed by atoms with Gasteiger partial charge in [0.15, 0.2) is 5.13 Å². The van der Waals surface area contributed by atoms with Crippen LogP contribution >= 0.6 is 11.3 Å². The van der Waals surface area contributed by atoms with Crippen LogP contribution in [-0.4, -0.2) is 11.0 Å². The van der Waals surface area contributed by atoms with Crippen molar-refractivity contribution in [1.29, 1.82) is 0 Å². The van der Waals surface area contributed by atoms with Gasteiger partial charge in [-0.2, -0.15) is 13.2 Å². The maximum atomic E-state index is 12.2. The lowest BCUT2D eigenvalue weighted by atomic mass is 10.1. The smallest absolute Gasteiger partial charge is 0.359 e. The Hall–Kier alpha value is -0.780. The largest absolute Gasteiger partial charge is 0.427 e. The number of rotatable bonds is 3. The fourth-order valence-corrected chi connectivity index (χ4v) is 1.61. The van der Waals surface area contributed by atoms with E-state index in [2.05, 4.69) is 10.3 Å². The molecule has 0 saturated carbocycles. The van der Waals surface area contributed by atoms with E-state index in [1.807, 2.05) is 20.8 Å². The average molecular weight is 238 g/mol. The molecule has 6 heteroatoms. The van der Waals surface area contributed by atoms with Crippen molar-refractivity contribution in [2.24, 2.45) is 5.92 Å². The molecule has 0 saturated heterocycles. The molecule has 0 spiro atoms. The Labute approximate surface area is 90.5 Å². The van der Waals surface area contributed by atoms with Crippen LogP contribution in [0.25, 0.3) is 0 Å². The van der Waals surface area contributed by atoms with E-state index in [-0.39, 0.29) is 6.04 Å². The van der Waals surface area contributed by atoms with Crippen molar-refractivity contribution >= 4 is 16.5 Å². The second-order valence-electron chi connectivity index (χ2n) is 3.70. The summed E-state index contributed by atoms with van der Waals surface area (Å²) >= 11 is 0.638. The zero-order valence-corrected chi connectivity index (χ0v) is 9.54. The predicted molar refractivity (Wildman–Crippen MR) is 55.0 cm³/mol. The molecule has 0 aliphatic rings. The predicted octanol–water partition coefficient (Wildman–Crippen LogP) is 3.62. The Morgan fingerprint density at radius 2 is 1.93 bits per heavy atom. The van der Waals surface area contributed by atoms with Gasteiger partial charge in [0, 0.05) is 6.04 Å². The summed E-state index contributed by atoms with van der Waals surface area (Å²) in [6.07, 6.45) is -3.43. The van der Waals surface area contributed by atoms with E-state index in [1.165, 1.54) is 0 Å². The zero-order valence-electron chi connectivity index (χ0n) is 8.72. The highest BCUT2D eigenvalue weighted by Crippen LogP contribution is 2.35. The summed E-state index contributed by atoms with van der Waals surface area (Å²) < 4.78 is 36.7. The van der Waals surface area contributed by atoms with Crippen molar-refractivity contribution in [1.82, 2.24) is 4.98 Å². The van der Waals surface area contributed by atoms with Crippen LogP contribution < -0.4 is 5.32 Å². The first-order chi connectivity index (χ1) is 6.80. The molecule has 0 radical (unpaired) electrons. The van der Waals surface area contributed by atoms with Crippen LogP contribution in [0.2, 0.25) is 0 Å². The summed E-state index contributed by atoms with van der Waals surface area (Å²) in [6.45, 7) is 5.91. The van der Waals surface area contributed by atoms with Crippen LogP contribution in [0.4, 0.5) is 18.3 Å². The number of alkyl halides is 3. The molecule has 0 aromatic carbocycles. The number of anilines is 1. The molecule has 86 valence electrons. The Kier molecular flexibility index (Phi) is 3.59. The summed E-state index contributed by atoms with van der Waals surface area (Å²) in [6, 6.07) is 0.109. The standard InChI is InChI=1S/C9H13F3N2S/c1-5(2)6(3)14-8-13-4-7(15-8)9(10,11)12/h4-6H,1-3H3,(H,13,14). The normalized spacial score (nSPS) is 14.3. The summed E-state index contributed by atoms with van der Waals surface area (Å²) in [5, 5.41) is 3.26. The molecule has 0 fully saturated rings. The van der Waals surface area contributed by atoms with Crippen LogP contribution in [0.15, 0.2) is 6.20 Å². The van der Waals surface area contributed by atoms with Gasteiger partial charge in [-0.3, -0.25) is 0 Å². The molecule has 0 bridgehead atoms. The van der Waals surface area contributed by atoms with Crippen molar-refractivity contribution < 1.29 is 13.2 Å². The number of hydrogen-bond acceptors (Lipinski definition) is 3. The van der Waals surface area contributed by atoms with Crippen molar-refractivity contribution in [2.45, 2.75) is 33.0 Å². The number of nitrogens with zero attached hydrogens (tertiary/aromatic N) is 1. The van der Waals surface area contributed by atoms with Gasteiger partial charge in [-0.25, -0.2) is 4.98 Å². The van der Waals surface area contributed by atoms with Gasteiger partial charge >= 0.3 is 6.18 Å². The molecular formula is C9H13F3N2S. The molecule has 1 atom stereocenters. The highest BCUT2D eigenvalue weighted by Gasteiger charge is 2.33. The summed E-state index contributed by atoms with van der Waals surface area (Å²) in [5.41, 5.74) is 0. The molecule has 1 aromatic rings. The molecule has 15 heavy (non-hydrogen) atoms. The number of aromatic nitrogens is 1. The second kappa shape index (κ2) is 4.38. The van der Waals surface area contributed by atoms with Crippen LogP contribution in [0.5, 0.6) is 0 Å². The van der Waals surface area contributed by atoms with Crippen molar-refractivity contribution in [2.75, 3.05) is 5.32 Å². The Morgan fingerprint density at radius 3 is 2.33 bits per heavy atom. The quantitative estimate of drug-likeness (QED) is 0.870. The van der Waals surface area contributed by atoms with Gasteiger partial charge in [-0.05, 0) is 12.8 Å². The molecule has 1 rings (SSSR count). The number of thiazole rings is 1. The Balaban J connectivity index is 2.69. The lowest BCUT2D eigenvalue weighted by molar-refractivity contribution is -0.134. The highest BCUT2D eigenvalue weighted by molar-refractivity contribution is 7.15. The van der Waals surface area contributed by atoms with Crippen LogP contribution in [0.3, 0.4) is 0 Å². The van der Waals surface area contributed by atoms with Crippen molar-refractivity contribution in [3.63, 3.8) is 0 Å². The van der Waals surface area contributed by atoms with E-state index in [9.17, 15) is 13.2 Å². The van der Waals surface area contributed by atoms with Gasteiger partial charge in [0.2, 0.25) is 0 Å². The lowest BCUT2D eigenvalue weighted by Crippen LogP contribution is -2.21. The maximum Gasteiger partial charge on any atom is 0.427 e. The topological polar surface area (TPSA) is 24.9 Å². The third-order valence-corrected chi connectivity index (χ3v) is 3.11. The first-order valence-corrected chi connectivity index (χ1v) is 5.42. The Morgan fingerprint density at radius 1 is 1.33 bits per heavy atom. The summed E-state index contributed by atoms with van der Waals surface area (Å²) in [5.74, 6) is 0.350. The molecule has 0 aliphatic heterocycles. The van der Waals surface area contributed by atoms with E-state index < -0.39 is 11.1 Å². The van der Waals surface area contributed by atoms with Gasteiger partial charge in [-0.1, -0.05) is 25.2 Å². The fourth-order valence-electron chi connectivity index (χ4n) is 0.833. The molecule has 0 amide bonds. The average Bonchev–Trinajstić information content (AvgIpc) is 2.51. The monoisotopic (exact) mass is 238 g/mol. The van der Waals surface area contributed by atoms with E-state index >= 15 is 0 Å². The summed E-state index contributed by atoms with van der Waals surface area (Å²) in [4.78, 5) is 3.03. The van der Waals surface area contributed by atoms with Crippen LogP contribution in [0.1, 0.15) is 25.6 Å². The minimum absolute atomic E-state index is 0.109. The molecule has 1 unspecified atom stereocenters. The van der Waals surface area contributed by atoms with Crippen molar-refractivity contribution in [3.8, 4) is 0 Å². The van der Waals surface area contributed by atoms with Gasteiger partial charge in [0.05, 0.1) is 6.20 Å². The molecule has 1 aromatic heterocycles. The Bertz CT molecular complexity index is 319. The number of halogens is 3. The van der Waals surface area contributed by atoms with Gasteiger partial charge < -0.3 is 5.32 Å². The minimum atomic E-state index is -4.29. The maximum absolute atomic E-state index is 12.2. The minimum Gasteiger partial charge on any atom is -0.359 e. The van der Waals surface area contributed by atoms with Crippen LogP contribution in [0, 0.1) is 5.92 Å². The van der Waals surface area contributed by atoms with Gasteiger partial charge in [-0.15, -0.1) is 0 Å². The third-order valence-electron chi connectivity index (χ3n) is 2.14. The van der Waals surface area contributed by atoms with Gasteiger partial charge in [0.25, 0.3) is 0 Å². The van der Waals surface area contributed by atoms with Crippen LogP contribution in [-0.2, 0) is 6.18 Å². The van der Waals surface area contributed by atoms with E-state index in [1.54, 1.807) is 0 Å². The number of hydrogen-bond donors (Lipinski definition) is 1. The molecule has 0 aliphatic carbocycles. The highest BCUT2D eigenvalue weighted by atomic mass is 32.1. The van der Waals surface area contributed by atoms with E-state index in [0.29, 0.717) is 22.4 Å². The number of nitrogens with one attached hydrogen (secondary N) is 1. The molecular weight excluding hydrogens is 225 g/mol. The first kappa shape index (κ1) is 12.3. The van der Waals surface area contributed by atoms with Crippen molar-refractivity contribution in [3.05, 3.63) is 11.1 Å². The second-order valence-corrected chi connectivity index (χ2v) is 4.74. The van der Waals surface area contributed by atoms with E-state index in [4.69, 9.17) is 0 Å². The zero-order chi connectivity index (χ0) is 11.6. The van der Waals surface area contributed by atoms with Gasteiger partial charge in [0.1, 0.15) is 4.88 Å². The lowest BCUT2D eigenvalue weighted by Gasteiger charge is -2.16.